The van der Waals surface area contributed by atoms with Gasteiger partial charge in [0.1, 0.15) is 17.5 Å². The second kappa shape index (κ2) is 7.07. The molecule has 0 spiro atoms. The normalized spacial score (nSPS) is 19.6. The van der Waals surface area contributed by atoms with Crippen LogP contribution in [0, 0.1) is 0 Å². The van der Waals surface area contributed by atoms with Gasteiger partial charge in [0.2, 0.25) is 0 Å². The number of aliphatic hydroxyl groups is 1. The third-order valence-corrected chi connectivity index (χ3v) is 3.78. The molecule has 0 aromatic heterocycles. The SMILES string of the molecule is CCOc1ccc(C(O)C2(OCC)CCOCC2)cc1. The van der Waals surface area contributed by atoms with E-state index >= 15 is 0 Å². The molecule has 0 amide bonds. The summed E-state index contributed by atoms with van der Waals surface area (Å²) in [6, 6.07) is 7.60. The molecule has 4 heteroatoms. The Morgan fingerprint density at radius 3 is 2.35 bits per heavy atom. The molecule has 2 rings (SSSR count). The molecule has 112 valence electrons. The van der Waals surface area contributed by atoms with E-state index < -0.39 is 11.7 Å². The number of ether oxygens (including phenoxy) is 3. The number of hydrogen-bond acceptors (Lipinski definition) is 4. The second-order valence-corrected chi connectivity index (χ2v) is 5.01. The van der Waals surface area contributed by atoms with Crippen molar-refractivity contribution >= 4 is 0 Å². The van der Waals surface area contributed by atoms with Crippen molar-refractivity contribution in [3.8, 4) is 5.75 Å². The molecule has 20 heavy (non-hydrogen) atoms. The van der Waals surface area contributed by atoms with Crippen molar-refractivity contribution in [2.24, 2.45) is 0 Å². The molecule has 1 aromatic carbocycles. The summed E-state index contributed by atoms with van der Waals surface area (Å²) >= 11 is 0. The lowest BCUT2D eigenvalue weighted by Crippen LogP contribution is -2.44. The van der Waals surface area contributed by atoms with Gasteiger partial charge in [0.15, 0.2) is 0 Å². The molecule has 1 atom stereocenters. The van der Waals surface area contributed by atoms with Crippen molar-refractivity contribution in [3.63, 3.8) is 0 Å². The van der Waals surface area contributed by atoms with E-state index in [-0.39, 0.29) is 0 Å². The van der Waals surface area contributed by atoms with Crippen LogP contribution in [-0.2, 0) is 9.47 Å². The minimum atomic E-state index is -0.637. The Morgan fingerprint density at radius 2 is 1.80 bits per heavy atom. The van der Waals surface area contributed by atoms with Crippen LogP contribution >= 0.6 is 0 Å². The van der Waals surface area contributed by atoms with E-state index in [4.69, 9.17) is 14.2 Å². The predicted molar refractivity (Wildman–Crippen MR) is 77.0 cm³/mol. The fourth-order valence-electron chi connectivity index (χ4n) is 2.72. The second-order valence-electron chi connectivity index (χ2n) is 5.01. The van der Waals surface area contributed by atoms with Crippen molar-refractivity contribution in [2.45, 2.75) is 38.4 Å². The highest BCUT2D eigenvalue weighted by Crippen LogP contribution is 2.38. The van der Waals surface area contributed by atoms with Crippen LogP contribution < -0.4 is 4.74 Å². The van der Waals surface area contributed by atoms with E-state index in [0.29, 0.717) is 26.4 Å². The molecule has 4 nitrogen and oxygen atoms in total. The van der Waals surface area contributed by atoms with E-state index in [1.807, 2.05) is 38.1 Å². The smallest absolute Gasteiger partial charge is 0.119 e. The molecule has 1 aliphatic rings. The lowest BCUT2D eigenvalue weighted by Gasteiger charge is -2.40. The van der Waals surface area contributed by atoms with E-state index in [0.717, 1.165) is 24.2 Å². The minimum Gasteiger partial charge on any atom is -0.494 e. The van der Waals surface area contributed by atoms with Gasteiger partial charge >= 0.3 is 0 Å². The van der Waals surface area contributed by atoms with Crippen LogP contribution in [0.4, 0.5) is 0 Å². The molecule has 0 radical (unpaired) electrons. The molecular formula is C16H24O4. The summed E-state index contributed by atoms with van der Waals surface area (Å²) in [5.74, 6) is 0.820. The highest BCUT2D eigenvalue weighted by molar-refractivity contribution is 5.30. The Labute approximate surface area is 120 Å². The van der Waals surface area contributed by atoms with E-state index in [1.165, 1.54) is 0 Å². The summed E-state index contributed by atoms with van der Waals surface area (Å²) in [5, 5.41) is 10.7. The zero-order chi connectivity index (χ0) is 14.4. The first-order valence-corrected chi connectivity index (χ1v) is 7.34. The summed E-state index contributed by atoms with van der Waals surface area (Å²) < 4.78 is 16.7. The number of benzene rings is 1. The van der Waals surface area contributed by atoms with Crippen LogP contribution in [0.2, 0.25) is 0 Å². The fraction of sp³-hybridized carbons (Fsp3) is 0.625. The lowest BCUT2D eigenvalue weighted by molar-refractivity contribution is -0.168. The monoisotopic (exact) mass is 280 g/mol. The molecule has 1 unspecified atom stereocenters. The summed E-state index contributed by atoms with van der Waals surface area (Å²) in [5.41, 5.74) is 0.337. The average molecular weight is 280 g/mol. The molecule has 0 bridgehead atoms. The summed E-state index contributed by atoms with van der Waals surface area (Å²) in [6.45, 7) is 6.41. The Balaban J connectivity index is 2.15. The number of aliphatic hydroxyl groups excluding tert-OH is 1. The summed E-state index contributed by atoms with van der Waals surface area (Å²) in [4.78, 5) is 0. The maximum atomic E-state index is 10.7. The van der Waals surface area contributed by atoms with Crippen LogP contribution in [0.1, 0.15) is 38.4 Å². The predicted octanol–water partition coefficient (Wildman–Crippen LogP) is 2.70. The summed E-state index contributed by atoms with van der Waals surface area (Å²) in [6.07, 6.45) is 0.798. The lowest BCUT2D eigenvalue weighted by atomic mass is 9.84. The van der Waals surface area contributed by atoms with Gasteiger partial charge in [-0.2, -0.15) is 0 Å². The van der Waals surface area contributed by atoms with Gasteiger partial charge in [-0.25, -0.2) is 0 Å². The van der Waals surface area contributed by atoms with Crippen molar-refractivity contribution < 1.29 is 19.3 Å². The van der Waals surface area contributed by atoms with Crippen LogP contribution in [0.3, 0.4) is 0 Å². The molecule has 1 aromatic rings. The topological polar surface area (TPSA) is 47.9 Å². The first-order chi connectivity index (χ1) is 9.72. The highest BCUT2D eigenvalue weighted by Gasteiger charge is 2.41. The zero-order valence-corrected chi connectivity index (χ0v) is 12.3. The van der Waals surface area contributed by atoms with Crippen molar-refractivity contribution in [1.29, 1.82) is 0 Å². The van der Waals surface area contributed by atoms with Gasteiger partial charge in [-0.1, -0.05) is 12.1 Å². The average Bonchev–Trinajstić information content (AvgIpc) is 2.49. The first-order valence-electron chi connectivity index (χ1n) is 7.34. The molecule has 1 fully saturated rings. The number of rotatable bonds is 6. The Morgan fingerprint density at radius 1 is 1.15 bits per heavy atom. The van der Waals surface area contributed by atoms with Gasteiger partial charge in [0.05, 0.1) is 6.61 Å². The van der Waals surface area contributed by atoms with E-state index in [9.17, 15) is 5.11 Å². The minimum absolute atomic E-state index is 0.528. The maximum Gasteiger partial charge on any atom is 0.119 e. The standard InChI is InChI=1S/C16H24O4/c1-3-19-14-7-5-13(6-8-14)15(17)16(20-4-2)9-11-18-12-10-16/h5-8,15,17H,3-4,9-12H2,1-2H3. The Bertz CT molecular complexity index is 390. The van der Waals surface area contributed by atoms with Crippen molar-refractivity contribution in [2.75, 3.05) is 26.4 Å². The van der Waals surface area contributed by atoms with Crippen LogP contribution in [-0.4, -0.2) is 37.1 Å². The third kappa shape index (κ3) is 3.32. The largest absolute Gasteiger partial charge is 0.494 e. The first kappa shape index (κ1) is 15.3. The van der Waals surface area contributed by atoms with Crippen LogP contribution in [0.5, 0.6) is 5.75 Å². The molecule has 1 heterocycles. The molecule has 0 aliphatic carbocycles. The van der Waals surface area contributed by atoms with Crippen molar-refractivity contribution in [1.82, 2.24) is 0 Å². The van der Waals surface area contributed by atoms with Gasteiger partial charge < -0.3 is 19.3 Å². The Kier molecular flexibility index (Phi) is 5.40. The molecular weight excluding hydrogens is 256 g/mol. The molecule has 1 N–H and O–H groups in total. The highest BCUT2D eigenvalue weighted by atomic mass is 16.5. The van der Waals surface area contributed by atoms with Crippen LogP contribution in [0.15, 0.2) is 24.3 Å². The van der Waals surface area contributed by atoms with E-state index in [1.54, 1.807) is 0 Å². The molecule has 1 saturated heterocycles. The number of hydrogen-bond donors (Lipinski definition) is 1. The Hall–Kier alpha value is -1.10. The summed E-state index contributed by atoms with van der Waals surface area (Å²) in [7, 11) is 0. The van der Waals surface area contributed by atoms with Crippen LogP contribution in [0.25, 0.3) is 0 Å². The van der Waals surface area contributed by atoms with Gasteiger partial charge in [-0.3, -0.25) is 0 Å². The van der Waals surface area contributed by atoms with Crippen molar-refractivity contribution in [3.05, 3.63) is 29.8 Å². The van der Waals surface area contributed by atoms with Gasteiger partial charge in [-0.15, -0.1) is 0 Å². The fourth-order valence-corrected chi connectivity index (χ4v) is 2.72. The maximum absolute atomic E-state index is 10.7. The molecule has 0 saturated carbocycles. The molecule has 1 aliphatic heterocycles. The van der Waals surface area contributed by atoms with Gasteiger partial charge in [0, 0.05) is 32.7 Å². The van der Waals surface area contributed by atoms with E-state index in [2.05, 4.69) is 0 Å². The van der Waals surface area contributed by atoms with Gasteiger partial charge in [0.25, 0.3) is 0 Å². The third-order valence-electron chi connectivity index (χ3n) is 3.78. The quantitative estimate of drug-likeness (QED) is 0.870. The van der Waals surface area contributed by atoms with Gasteiger partial charge in [-0.05, 0) is 31.5 Å². The zero-order valence-electron chi connectivity index (χ0n) is 12.3.